The highest BCUT2D eigenvalue weighted by Crippen LogP contribution is 2.19. The summed E-state index contributed by atoms with van der Waals surface area (Å²) in [5, 5.41) is 3.00. The van der Waals surface area contributed by atoms with Gasteiger partial charge in [-0.3, -0.25) is 9.59 Å². The smallest absolute Gasteiger partial charge is 0.243 e. The van der Waals surface area contributed by atoms with Crippen molar-refractivity contribution in [2.45, 2.75) is 63.1 Å². The van der Waals surface area contributed by atoms with Gasteiger partial charge in [0, 0.05) is 19.6 Å². The Morgan fingerprint density at radius 1 is 1.06 bits per heavy atom. The van der Waals surface area contributed by atoms with Crippen molar-refractivity contribution in [2.75, 3.05) is 13.6 Å². The summed E-state index contributed by atoms with van der Waals surface area (Å²) in [4.78, 5) is 27.7. The average Bonchev–Trinajstić information content (AvgIpc) is 3.31. The number of carbonyl (C=O) groups excluding carboxylic acids is 2. The first-order valence-corrected chi connectivity index (χ1v) is 12.9. The first-order valence-electron chi connectivity index (χ1n) is 11.4. The van der Waals surface area contributed by atoms with E-state index in [9.17, 15) is 22.4 Å². The topological polar surface area (TPSA) is 86.8 Å². The van der Waals surface area contributed by atoms with Crippen molar-refractivity contribution in [3.8, 4) is 0 Å². The van der Waals surface area contributed by atoms with Gasteiger partial charge in [-0.25, -0.2) is 12.8 Å². The number of aryl methyl sites for hydroxylation is 1. The van der Waals surface area contributed by atoms with E-state index in [1.54, 1.807) is 31.2 Å². The predicted octanol–water partition coefficient (Wildman–Crippen LogP) is 3.23. The van der Waals surface area contributed by atoms with Crippen molar-refractivity contribution in [1.29, 1.82) is 0 Å². The molecule has 3 rings (SSSR count). The molecule has 2 aromatic carbocycles. The summed E-state index contributed by atoms with van der Waals surface area (Å²) < 4.78 is 40.3. The van der Waals surface area contributed by atoms with Gasteiger partial charge in [0.25, 0.3) is 0 Å². The van der Waals surface area contributed by atoms with Crippen LogP contribution in [0.3, 0.4) is 0 Å². The molecule has 1 fully saturated rings. The average molecular weight is 490 g/mol. The molecular formula is C25H32FN3O4S. The molecule has 1 aliphatic rings. The minimum atomic E-state index is -3.89. The molecule has 0 unspecified atom stereocenters. The van der Waals surface area contributed by atoms with Crippen LogP contribution in [-0.4, -0.2) is 55.1 Å². The van der Waals surface area contributed by atoms with Crippen LogP contribution in [0.25, 0.3) is 0 Å². The molecular weight excluding hydrogens is 457 g/mol. The van der Waals surface area contributed by atoms with Gasteiger partial charge in [-0.15, -0.1) is 0 Å². The summed E-state index contributed by atoms with van der Waals surface area (Å²) in [5.74, 6) is -1.21. The summed E-state index contributed by atoms with van der Waals surface area (Å²) in [6.07, 6.45) is 3.92. The molecule has 2 amide bonds. The molecule has 0 bridgehead atoms. The number of hydrogen-bond acceptors (Lipinski definition) is 4. The van der Waals surface area contributed by atoms with Gasteiger partial charge in [0.2, 0.25) is 21.8 Å². The molecule has 9 heteroatoms. The number of rotatable bonds is 9. The number of carbonyl (C=O) groups is 2. The third-order valence-corrected chi connectivity index (χ3v) is 8.04. The van der Waals surface area contributed by atoms with Gasteiger partial charge < -0.3 is 10.2 Å². The monoisotopic (exact) mass is 489 g/mol. The lowest BCUT2D eigenvalue weighted by molar-refractivity contribution is -0.140. The lowest BCUT2D eigenvalue weighted by Crippen LogP contribution is -2.52. The highest BCUT2D eigenvalue weighted by molar-refractivity contribution is 7.89. The van der Waals surface area contributed by atoms with E-state index < -0.39 is 34.3 Å². The van der Waals surface area contributed by atoms with E-state index in [1.165, 1.54) is 36.2 Å². The van der Waals surface area contributed by atoms with Gasteiger partial charge in [-0.05, 0) is 56.5 Å². The van der Waals surface area contributed by atoms with E-state index in [4.69, 9.17) is 0 Å². The molecule has 2 aromatic rings. The molecule has 0 spiro atoms. The molecule has 1 N–H and O–H groups in total. The van der Waals surface area contributed by atoms with E-state index in [1.807, 2.05) is 6.92 Å². The van der Waals surface area contributed by atoms with E-state index in [0.717, 1.165) is 35.6 Å². The highest BCUT2D eigenvalue weighted by Gasteiger charge is 2.31. The van der Waals surface area contributed by atoms with Gasteiger partial charge in [-0.1, -0.05) is 42.7 Å². The van der Waals surface area contributed by atoms with Gasteiger partial charge in [0.05, 0.1) is 11.4 Å². The van der Waals surface area contributed by atoms with E-state index in [0.29, 0.717) is 5.56 Å². The fraction of sp³-hybridized carbons (Fsp3) is 0.440. The number of hydrogen-bond donors (Lipinski definition) is 1. The Balaban J connectivity index is 1.78. The van der Waals surface area contributed by atoms with Crippen LogP contribution in [0.1, 0.15) is 43.7 Å². The second-order valence-corrected chi connectivity index (χ2v) is 10.9. The predicted molar refractivity (Wildman–Crippen MR) is 128 cm³/mol. The zero-order valence-corrected chi connectivity index (χ0v) is 20.6. The van der Waals surface area contributed by atoms with E-state index >= 15 is 0 Å². The molecule has 1 saturated carbocycles. The lowest BCUT2D eigenvalue weighted by Gasteiger charge is -2.31. The zero-order chi connectivity index (χ0) is 24.9. The Morgan fingerprint density at radius 2 is 1.65 bits per heavy atom. The SMILES string of the molecule is Cc1ccc(S(=O)(=O)N(C)CC(=O)N(Cc2ccc(F)cc2)[C@H](C)C(=O)NC2CCCC2)cc1. The minimum Gasteiger partial charge on any atom is -0.352 e. The Morgan fingerprint density at radius 3 is 2.24 bits per heavy atom. The van der Waals surface area contributed by atoms with Gasteiger partial charge in [-0.2, -0.15) is 4.31 Å². The van der Waals surface area contributed by atoms with Crippen molar-refractivity contribution in [1.82, 2.24) is 14.5 Å². The van der Waals surface area contributed by atoms with Crippen LogP contribution >= 0.6 is 0 Å². The first-order chi connectivity index (χ1) is 16.1. The number of halogens is 1. The van der Waals surface area contributed by atoms with Gasteiger partial charge >= 0.3 is 0 Å². The van der Waals surface area contributed by atoms with Crippen LogP contribution in [0.15, 0.2) is 53.4 Å². The second-order valence-electron chi connectivity index (χ2n) is 8.89. The van der Waals surface area contributed by atoms with Gasteiger partial charge in [0.15, 0.2) is 0 Å². The molecule has 0 heterocycles. The van der Waals surface area contributed by atoms with Crippen LogP contribution in [-0.2, 0) is 26.2 Å². The number of benzene rings is 2. The number of likely N-dealkylation sites (N-methyl/N-ethyl adjacent to an activating group) is 1. The molecule has 0 aromatic heterocycles. The van der Waals surface area contributed by atoms with E-state index in [2.05, 4.69) is 5.32 Å². The summed E-state index contributed by atoms with van der Waals surface area (Å²) >= 11 is 0. The Labute approximate surface area is 201 Å². The summed E-state index contributed by atoms with van der Waals surface area (Å²) in [6, 6.07) is 11.3. The van der Waals surface area contributed by atoms with Crippen molar-refractivity contribution in [3.05, 3.63) is 65.5 Å². The van der Waals surface area contributed by atoms with Crippen LogP contribution < -0.4 is 5.32 Å². The second kappa shape index (κ2) is 11.1. The third kappa shape index (κ3) is 6.42. The van der Waals surface area contributed by atoms with E-state index in [-0.39, 0.29) is 23.4 Å². The van der Waals surface area contributed by atoms with Gasteiger partial charge in [0.1, 0.15) is 11.9 Å². The Hall–Kier alpha value is -2.78. The summed E-state index contributed by atoms with van der Waals surface area (Å²) in [5.41, 5.74) is 1.56. The maximum absolute atomic E-state index is 13.4. The maximum Gasteiger partial charge on any atom is 0.243 e. The molecule has 34 heavy (non-hydrogen) atoms. The summed E-state index contributed by atoms with van der Waals surface area (Å²) in [7, 11) is -2.55. The van der Waals surface area contributed by atoms with Crippen LogP contribution in [0.4, 0.5) is 4.39 Å². The molecule has 184 valence electrons. The molecule has 0 saturated heterocycles. The number of nitrogens with zero attached hydrogens (tertiary/aromatic N) is 2. The van der Waals surface area contributed by atoms with Crippen LogP contribution in [0, 0.1) is 12.7 Å². The van der Waals surface area contributed by atoms with Crippen molar-refractivity contribution in [2.24, 2.45) is 0 Å². The molecule has 1 aliphatic carbocycles. The largest absolute Gasteiger partial charge is 0.352 e. The van der Waals surface area contributed by atoms with Crippen molar-refractivity contribution < 1.29 is 22.4 Å². The standard InChI is InChI=1S/C25H32FN3O4S/c1-18-8-14-23(15-9-18)34(32,33)28(3)17-24(30)29(16-20-10-12-21(26)13-11-20)19(2)25(31)27-22-6-4-5-7-22/h8-15,19,22H,4-7,16-17H2,1-3H3,(H,27,31)/t19-/m1/s1. The Kier molecular flexibility index (Phi) is 8.43. The van der Waals surface area contributed by atoms with Crippen molar-refractivity contribution in [3.63, 3.8) is 0 Å². The minimum absolute atomic E-state index is 0.0524. The quantitative estimate of drug-likeness (QED) is 0.586. The normalized spacial score (nSPS) is 15.3. The number of amides is 2. The molecule has 1 atom stereocenters. The molecule has 7 nitrogen and oxygen atoms in total. The third-order valence-electron chi connectivity index (χ3n) is 6.22. The first kappa shape index (κ1) is 25.8. The number of nitrogens with one attached hydrogen (secondary N) is 1. The fourth-order valence-electron chi connectivity index (χ4n) is 4.02. The Bertz CT molecular complexity index is 1100. The number of sulfonamides is 1. The zero-order valence-electron chi connectivity index (χ0n) is 19.8. The maximum atomic E-state index is 13.4. The highest BCUT2D eigenvalue weighted by atomic mass is 32.2. The van der Waals surface area contributed by atoms with Crippen LogP contribution in [0.5, 0.6) is 0 Å². The summed E-state index contributed by atoms with van der Waals surface area (Å²) in [6.45, 7) is 3.10. The van der Waals surface area contributed by atoms with Crippen LogP contribution in [0.2, 0.25) is 0 Å². The molecule has 0 aliphatic heterocycles. The lowest BCUT2D eigenvalue weighted by atomic mass is 10.1. The fourth-order valence-corrected chi connectivity index (χ4v) is 5.14. The molecule has 0 radical (unpaired) electrons. The van der Waals surface area contributed by atoms with Crippen molar-refractivity contribution >= 4 is 21.8 Å².